The third kappa shape index (κ3) is 5.25. The fraction of sp³-hybridized carbons (Fsp3) is 0.259. The molecule has 0 fully saturated rings. The molecule has 198 valence electrons. The number of esters is 1. The number of carbonyl (C=O) groups is 1. The van der Waals surface area contributed by atoms with Crippen LogP contribution in [0.5, 0.6) is 17.2 Å². The largest absolute Gasteiger partial charge is 0.478 e. The lowest BCUT2D eigenvalue weighted by molar-refractivity contribution is -0.154. The Labute approximate surface area is 219 Å². The number of fused-ring (bicyclic) bond motifs is 3. The summed E-state index contributed by atoms with van der Waals surface area (Å²) in [7, 11) is 0. The maximum atomic E-state index is 14.1. The highest BCUT2D eigenvalue weighted by atomic mass is 32.1. The number of rotatable bonds is 7. The van der Waals surface area contributed by atoms with Gasteiger partial charge in [0.15, 0.2) is 0 Å². The maximum Gasteiger partial charge on any atom is 0.453 e. The predicted molar refractivity (Wildman–Crippen MR) is 134 cm³/mol. The van der Waals surface area contributed by atoms with E-state index < -0.39 is 29.1 Å². The van der Waals surface area contributed by atoms with Crippen LogP contribution in [0, 0.1) is 0 Å². The summed E-state index contributed by atoms with van der Waals surface area (Å²) in [6.45, 7) is 2.97. The molecule has 3 heterocycles. The van der Waals surface area contributed by atoms with Crippen molar-refractivity contribution in [3.63, 3.8) is 0 Å². The zero-order chi connectivity index (χ0) is 26.9. The van der Waals surface area contributed by atoms with Gasteiger partial charge in [-0.05, 0) is 61.2 Å². The molecule has 1 aliphatic heterocycles. The van der Waals surface area contributed by atoms with E-state index in [0.29, 0.717) is 17.9 Å². The van der Waals surface area contributed by atoms with Crippen LogP contribution in [-0.4, -0.2) is 30.8 Å². The van der Waals surface area contributed by atoms with E-state index in [4.69, 9.17) is 18.6 Å². The zero-order valence-electron chi connectivity index (χ0n) is 20.2. The van der Waals surface area contributed by atoms with Crippen molar-refractivity contribution in [1.29, 1.82) is 0 Å². The number of benzene rings is 2. The van der Waals surface area contributed by atoms with Crippen molar-refractivity contribution in [2.24, 2.45) is 0 Å². The van der Waals surface area contributed by atoms with Crippen LogP contribution in [0.25, 0.3) is 11.0 Å². The van der Waals surface area contributed by atoms with Gasteiger partial charge in [0.2, 0.25) is 11.2 Å². The first-order chi connectivity index (χ1) is 18.2. The van der Waals surface area contributed by atoms with Gasteiger partial charge in [0.1, 0.15) is 23.8 Å². The van der Waals surface area contributed by atoms with E-state index in [1.54, 1.807) is 24.3 Å². The summed E-state index contributed by atoms with van der Waals surface area (Å²) in [5.74, 6) is -2.83. The lowest BCUT2D eigenvalue weighted by Crippen LogP contribution is -2.33. The van der Waals surface area contributed by atoms with Crippen LogP contribution in [0.15, 0.2) is 63.1 Å². The van der Waals surface area contributed by atoms with Crippen molar-refractivity contribution in [1.82, 2.24) is 4.90 Å². The normalized spacial score (nSPS) is 13.7. The van der Waals surface area contributed by atoms with Crippen molar-refractivity contribution in [2.45, 2.75) is 26.1 Å². The van der Waals surface area contributed by atoms with Gasteiger partial charge in [-0.15, -0.1) is 11.3 Å². The average molecular weight is 546 g/mol. The molecule has 0 atom stereocenters. The third-order valence-electron chi connectivity index (χ3n) is 5.96. The molecule has 0 radical (unpaired) electrons. The van der Waals surface area contributed by atoms with Crippen LogP contribution < -0.4 is 14.9 Å². The summed E-state index contributed by atoms with van der Waals surface area (Å²) >= 11 is 1.62. The molecule has 0 bridgehead atoms. The Hall–Kier alpha value is -3.83. The molecule has 2 aromatic carbocycles. The maximum absolute atomic E-state index is 14.1. The van der Waals surface area contributed by atoms with Crippen LogP contribution >= 0.6 is 11.3 Å². The summed E-state index contributed by atoms with van der Waals surface area (Å²) in [6, 6.07) is 12.1. The van der Waals surface area contributed by atoms with Crippen LogP contribution in [-0.2, 0) is 23.9 Å². The van der Waals surface area contributed by atoms with Crippen molar-refractivity contribution in [3.05, 3.63) is 85.9 Å². The van der Waals surface area contributed by atoms with Gasteiger partial charge in [0, 0.05) is 18.0 Å². The minimum Gasteiger partial charge on any atom is -0.478 e. The van der Waals surface area contributed by atoms with Gasteiger partial charge in [0.05, 0.1) is 23.1 Å². The Morgan fingerprint density at radius 2 is 1.92 bits per heavy atom. The SMILES string of the molecule is CCOC(=O)c1ccc(Oc2c(C(F)(F)F)oc3c4c(ccc3c2=O)OCN(CCc2cccs2)C4)cc1. The zero-order valence-corrected chi connectivity index (χ0v) is 21.0. The Kier molecular flexibility index (Phi) is 7.13. The molecule has 38 heavy (non-hydrogen) atoms. The number of hydrogen-bond acceptors (Lipinski definition) is 8. The third-order valence-corrected chi connectivity index (χ3v) is 6.90. The van der Waals surface area contributed by atoms with Crippen LogP contribution in [0.4, 0.5) is 13.2 Å². The van der Waals surface area contributed by atoms with Crippen molar-refractivity contribution >= 4 is 28.3 Å². The van der Waals surface area contributed by atoms with Gasteiger partial charge in [-0.1, -0.05) is 6.07 Å². The Balaban J connectivity index is 1.50. The number of nitrogens with zero attached hydrogens (tertiary/aromatic N) is 1. The molecule has 0 N–H and O–H groups in total. The molecular formula is C27H22F3NO6S. The molecule has 0 amide bonds. The van der Waals surface area contributed by atoms with E-state index in [2.05, 4.69) is 0 Å². The number of alkyl halides is 3. The van der Waals surface area contributed by atoms with Crippen molar-refractivity contribution in [3.8, 4) is 17.2 Å². The quantitative estimate of drug-likeness (QED) is 0.255. The Morgan fingerprint density at radius 3 is 2.61 bits per heavy atom. The monoisotopic (exact) mass is 545 g/mol. The van der Waals surface area contributed by atoms with Crippen LogP contribution in [0.2, 0.25) is 0 Å². The predicted octanol–water partition coefficient (Wildman–Crippen LogP) is 6.24. The second kappa shape index (κ2) is 10.5. The fourth-order valence-electron chi connectivity index (χ4n) is 4.13. The first-order valence-electron chi connectivity index (χ1n) is 11.8. The average Bonchev–Trinajstić information content (AvgIpc) is 3.42. The van der Waals surface area contributed by atoms with Gasteiger partial charge in [-0.2, -0.15) is 13.2 Å². The minimum atomic E-state index is -5.01. The van der Waals surface area contributed by atoms with Gasteiger partial charge in [0.25, 0.3) is 5.76 Å². The van der Waals surface area contributed by atoms with Crippen molar-refractivity contribution in [2.75, 3.05) is 19.9 Å². The van der Waals surface area contributed by atoms with E-state index in [9.17, 15) is 22.8 Å². The molecule has 0 saturated carbocycles. The number of ether oxygens (including phenoxy) is 3. The van der Waals surface area contributed by atoms with Gasteiger partial charge >= 0.3 is 12.1 Å². The minimum absolute atomic E-state index is 0.0569. The lowest BCUT2D eigenvalue weighted by Gasteiger charge is -2.29. The molecular weight excluding hydrogens is 523 g/mol. The molecule has 4 aromatic rings. The van der Waals surface area contributed by atoms with E-state index in [1.165, 1.54) is 35.2 Å². The summed E-state index contributed by atoms with van der Waals surface area (Å²) in [6.07, 6.45) is -4.25. The number of thiophene rings is 1. The highest BCUT2D eigenvalue weighted by Gasteiger charge is 2.41. The summed E-state index contributed by atoms with van der Waals surface area (Å²) in [4.78, 5) is 28.3. The van der Waals surface area contributed by atoms with Crippen LogP contribution in [0.3, 0.4) is 0 Å². The van der Waals surface area contributed by atoms with Gasteiger partial charge in [-0.25, -0.2) is 4.79 Å². The highest BCUT2D eigenvalue weighted by molar-refractivity contribution is 7.09. The van der Waals surface area contributed by atoms with Gasteiger partial charge in [-0.3, -0.25) is 9.69 Å². The number of hydrogen-bond donors (Lipinski definition) is 0. The lowest BCUT2D eigenvalue weighted by atomic mass is 10.1. The number of halogens is 3. The first-order valence-corrected chi connectivity index (χ1v) is 12.6. The fourth-order valence-corrected chi connectivity index (χ4v) is 4.83. The molecule has 1 aliphatic rings. The molecule has 7 nitrogen and oxygen atoms in total. The van der Waals surface area contributed by atoms with Crippen molar-refractivity contribution < 1.29 is 36.6 Å². The summed E-state index contributed by atoms with van der Waals surface area (Å²) < 4.78 is 63.7. The summed E-state index contributed by atoms with van der Waals surface area (Å²) in [5, 5.41) is 1.92. The molecule has 5 rings (SSSR count). The van der Waals surface area contributed by atoms with Gasteiger partial charge < -0.3 is 18.6 Å². The van der Waals surface area contributed by atoms with E-state index in [1.807, 2.05) is 22.4 Å². The highest BCUT2D eigenvalue weighted by Crippen LogP contribution is 2.41. The van der Waals surface area contributed by atoms with E-state index in [0.717, 1.165) is 6.42 Å². The second-order valence-electron chi connectivity index (χ2n) is 8.51. The summed E-state index contributed by atoms with van der Waals surface area (Å²) in [5.41, 5.74) is -0.596. The van der Waals surface area contributed by atoms with E-state index >= 15 is 0 Å². The second-order valence-corrected chi connectivity index (χ2v) is 9.54. The molecule has 2 aromatic heterocycles. The molecule has 0 aliphatic carbocycles. The van der Waals surface area contributed by atoms with E-state index in [-0.39, 0.29) is 42.2 Å². The molecule has 0 spiro atoms. The smallest absolute Gasteiger partial charge is 0.453 e. The molecule has 0 unspecified atom stereocenters. The Bertz CT molecular complexity index is 1510. The Morgan fingerprint density at radius 1 is 1.13 bits per heavy atom. The van der Waals surface area contributed by atoms with Crippen LogP contribution in [0.1, 0.15) is 33.5 Å². The number of carbonyl (C=O) groups excluding carboxylic acids is 1. The topological polar surface area (TPSA) is 78.2 Å². The molecule has 0 saturated heterocycles. The molecule has 11 heteroatoms. The first kappa shape index (κ1) is 25.8. The standard InChI is InChI=1S/C27H22F3NO6S/c1-2-34-26(33)16-5-7-17(8-6-16)36-24-22(32)19-9-10-21-20(23(19)37-25(24)27(28,29)30)14-31(15-35-21)12-11-18-4-3-13-38-18/h3-10,13H,2,11-12,14-15H2,1H3.